The Morgan fingerprint density at radius 1 is 0.691 bits per heavy atom. The highest BCUT2D eigenvalue weighted by atomic mass is 15.2. The Morgan fingerprint density at radius 3 is 1.94 bits per heavy atom. The molecule has 81 heavy (non-hydrogen) atoms. The molecule has 0 amide bonds. The van der Waals surface area contributed by atoms with Crippen LogP contribution in [0.4, 0.5) is 17.1 Å². The summed E-state index contributed by atoms with van der Waals surface area (Å²) in [7, 11) is 0. The first-order valence-electron chi connectivity index (χ1n) is 31.4. The second kappa shape index (κ2) is 24.5. The standard InChI is InChI=1S/C79H102N2/c1-21-29-66-69(79(19,20)42-41-78(66,17)18)50-80-70-37-36-64(65-48-67(54(8)44-53(65)7)77(15,16)40-38-51(4)5)74(60-34-35-60)75(70)73-58(12)72(47-61-32-27-28-33-63(61)73)81(71-49-68(55(9)45-56(71)10)76(13,14)39-22-2)57(11)46-62(43-52(6)23-3)59-30-25-24-26-31-59/h21,24-33,36-37,44-52,60H,11,22-23,34-35,38-43H2,1-10,12-20H3/b29-21-,62-46+,80-50+. The van der Waals surface area contributed by atoms with Crippen LogP contribution in [0.15, 0.2) is 144 Å². The molecule has 0 spiro atoms. The number of fused-ring (bicyclic) bond motifs is 1. The van der Waals surface area contributed by atoms with Gasteiger partial charge in [-0.25, -0.2) is 0 Å². The van der Waals surface area contributed by atoms with Crippen LogP contribution >= 0.6 is 0 Å². The van der Waals surface area contributed by atoms with Crippen molar-refractivity contribution in [2.45, 2.75) is 213 Å². The highest BCUT2D eigenvalue weighted by Gasteiger charge is 2.39. The first-order chi connectivity index (χ1) is 38.2. The minimum absolute atomic E-state index is 0.0199. The maximum Gasteiger partial charge on any atom is 0.0711 e. The van der Waals surface area contributed by atoms with Gasteiger partial charge in [0.1, 0.15) is 0 Å². The van der Waals surface area contributed by atoms with Crippen LogP contribution in [0.25, 0.3) is 38.6 Å². The quantitative estimate of drug-likeness (QED) is 0.0518. The van der Waals surface area contributed by atoms with Gasteiger partial charge >= 0.3 is 0 Å². The Bertz CT molecular complexity index is 3410. The lowest BCUT2D eigenvalue weighted by Crippen LogP contribution is -2.31. The van der Waals surface area contributed by atoms with E-state index in [0.29, 0.717) is 17.8 Å². The van der Waals surface area contributed by atoms with Gasteiger partial charge in [-0.3, -0.25) is 4.99 Å². The summed E-state index contributed by atoms with van der Waals surface area (Å²) in [5.41, 5.74) is 25.8. The molecule has 2 nitrogen and oxygen atoms in total. The minimum Gasteiger partial charge on any atom is -0.311 e. The molecule has 1 fully saturated rings. The van der Waals surface area contributed by atoms with Crippen LogP contribution in [0.5, 0.6) is 0 Å². The Morgan fingerprint density at radius 2 is 1.31 bits per heavy atom. The van der Waals surface area contributed by atoms with Gasteiger partial charge < -0.3 is 4.90 Å². The lowest BCUT2D eigenvalue weighted by atomic mass is 9.63. The van der Waals surface area contributed by atoms with Crippen LogP contribution in [0, 0.1) is 57.3 Å². The molecule has 1 unspecified atom stereocenters. The maximum atomic E-state index is 5.89. The molecule has 1 saturated carbocycles. The summed E-state index contributed by atoms with van der Waals surface area (Å²) in [6, 6.07) is 37.6. The van der Waals surface area contributed by atoms with Crippen LogP contribution in [-0.2, 0) is 10.8 Å². The molecule has 0 saturated heterocycles. The zero-order chi connectivity index (χ0) is 58.9. The number of aryl methyl sites for hydroxylation is 4. The van der Waals surface area contributed by atoms with Crippen molar-refractivity contribution in [3.8, 4) is 22.3 Å². The fourth-order valence-electron chi connectivity index (χ4n) is 13.8. The van der Waals surface area contributed by atoms with E-state index in [1.54, 1.807) is 0 Å². The molecule has 0 N–H and O–H groups in total. The third-order valence-corrected chi connectivity index (χ3v) is 19.1. The predicted molar refractivity (Wildman–Crippen MR) is 359 cm³/mol. The molecule has 0 radical (unpaired) electrons. The van der Waals surface area contributed by atoms with E-state index in [4.69, 9.17) is 11.6 Å². The Hall–Kier alpha value is -5.99. The van der Waals surface area contributed by atoms with Gasteiger partial charge in [-0.2, -0.15) is 0 Å². The van der Waals surface area contributed by atoms with E-state index in [1.165, 1.54) is 112 Å². The van der Waals surface area contributed by atoms with Gasteiger partial charge in [0, 0.05) is 23.2 Å². The summed E-state index contributed by atoms with van der Waals surface area (Å²) in [6.07, 6.45) is 20.5. The monoisotopic (exact) mass is 1080 g/mol. The van der Waals surface area contributed by atoms with Crippen molar-refractivity contribution >= 4 is 39.6 Å². The molecule has 0 bridgehead atoms. The molecule has 2 aliphatic rings. The van der Waals surface area contributed by atoms with E-state index >= 15 is 0 Å². The van der Waals surface area contributed by atoms with Crippen molar-refractivity contribution in [2.24, 2.45) is 27.7 Å². The van der Waals surface area contributed by atoms with Gasteiger partial charge in [-0.05, 0) is 244 Å². The Labute approximate surface area is 493 Å². The molecule has 1 atom stereocenters. The average molecular weight is 1080 g/mol. The van der Waals surface area contributed by atoms with E-state index in [9.17, 15) is 0 Å². The smallest absolute Gasteiger partial charge is 0.0711 e. The molecule has 2 heteroatoms. The summed E-state index contributed by atoms with van der Waals surface area (Å²) < 4.78 is 0. The number of nitrogens with zero attached hydrogens (tertiary/aromatic N) is 2. The second-order valence-corrected chi connectivity index (χ2v) is 28.1. The molecule has 8 rings (SSSR count). The average Bonchev–Trinajstić information content (AvgIpc) is 4.45. The van der Waals surface area contributed by atoms with E-state index < -0.39 is 0 Å². The topological polar surface area (TPSA) is 15.6 Å². The molecular weight excluding hydrogens is 977 g/mol. The van der Waals surface area contributed by atoms with Crippen LogP contribution < -0.4 is 4.90 Å². The van der Waals surface area contributed by atoms with Gasteiger partial charge in [0.25, 0.3) is 0 Å². The van der Waals surface area contributed by atoms with Gasteiger partial charge in [-0.1, -0.05) is 207 Å². The third kappa shape index (κ3) is 13.0. The molecule has 6 aromatic carbocycles. The first kappa shape index (κ1) is 61.1. The number of hydrogen-bond acceptors (Lipinski definition) is 2. The molecule has 428 valence electrons. The van der Waals surface area contributed by atoms with Gasteiger partial charge in [0.05, 0.1) is 11.4 Å². The molecule has 0 aromatic heterocycles. The lowest BCUT2D eigenvalue weighted by molar-refractivity contribution is 0.277. The zero-order valence-corrected chi connectivity index (χ0v) is 54.0. The number of allylic oxidation sites excluding steroid dienone is 6. The van der Waals surface area contributed by atoms with Crippen molar-refractivity contribution in [1.82, 2.24) is 0 Å². The Balaban J connectivity index is 1.52. The van der Waals surface area contributed by atoms with Crippen LogP contribution in [0.1, 0.15) is 217 Å². The summed E-state index contributed by atoms with van der Waals surface area (Å²) in [5.74, 6) is 1.56. The van der Waals surface area contributed by atoms with E-state index in [1.807, 2.05) is 0 Å². The third-order valence-electron chi connectivity index (χ3n) is 19.1. The van der Waals surface area contributed by atoms with Crippen LogP contribution in [0.2, 0.25) is 0 Å². The molecule has 6 aromatic rings. The van der Waals surface area contributed by atoms with E-state index in [0.717, 1.165) is 74.9 Å². The van der Waals surface area contributed by atoms with Crippen molar-refractivity contribution in [2.75, 3.05) is 4.90 Å². The SMILES string of the molecule is C=C(/C=C(\CC(C)CC)c1ccccc1)N(c1cc(C(C)(C)CCC)c(C)cc1C)c1cc2ccccc2c(-c2c(/N=C/C3=C(/C=C\C)C(C)(C)CCC3(C)C)ccc(-c3cc(C(C)(C)CCC(C)C)c(C)cc3C)c2C2CC2)c1C. The fourth-order valence-corrected chi connectivity index (χ4v) is 13.8. The summed E-state index contributed by atoms with van der Waals surface area (Å²) in [6.45, 7) is 50.3. The molecular formula is C79H102N2. The number of anilines is 2. The summed E-state index contributed by atoms with van der Waals surface area (Å²) in [4.78, 5) is 8.43. The molecule has 0 aliphatic heterocycles. The number of aliphatic imine (C=N–C) groups is 1. The number of rotatable bonds is 21. The van der Waals surface area contributed by atoms with Crippen LogP contribution in [-0.4, -0.2) is 6.21 Å². The molecule has 2 aliphatic carbocycles. The minimum atomic E-state index is -0.0358. The summed E-state index contributed by atoms with van der Waals surface area (Å²) in [5, 5.41) is 2.47. The van der Waals surface area contributed by atoms with Crippen molar-refractivity contribution in [3.05, 3.63) is 189 Å². The highest BCUT2D eigenvalue weighted by molar-refractivity contribution is 6.07. The van der Waals surface area contributed by atoms with E-state index in [2.05, 4.69) is 258 Å². The first-order valence-corrected chi connectivity index (χ1v) is 31.4. The largest absolute Gasteiger partial charge is 0.311 e. The molecule has 0 heterocycles. The number of hydrogen-bond donors (Lipinski definition) is 0. The number of benzene rings is 6. The summed E-state index contributed by atoms with van der Waals surface area (Å²) >= 11 is 0. The van der Waals surface area contributed by atoms with Gasteiger partial charge in [0.2, 0.25) is 0 Å². The van der Waals surface area contributed by atoms with Gasteiger partial charge in [-0.15, -0.1) is 0 Å². The highest BCUT2D eigenvalue weighted by Crippen LogP contribution is 2.56. The Kier molecular flexibility index (Phi) is 18.4. The second-order valence-electron chi connectivity index (χ2n) is 28.1. The zero-order valence-electron chi connectivity index (χ0n) is 54.0. The predicted octanol–water partition coefficient (Wildman–Crippen LogP) is 24.0. The maximum absolute atomic E-state index is 5.89. The fraction of sp³-hybridized carbons (Fsp3) is 0.456. The van der Waals surface area contributed by atoms with Crippen molar-refractivity contribution < 1.29 is 0 Å². The van der Waals surface area contributed by atoms with Gasteiger partial charge in [0.15, 0.2) is 0 Å². The van der Waals surface area contributed by atoms with Crippen molar-refractivity contribution in [3.63, 3.8) is 0 Å². The van der Waals surface area contributed by atoms with Crippen molar-refractivity contribution in [1.29, 1.82) is 0 Å². The van der Waals surface area contributed by atoms with E-state index in [-0.39, 0.29) is 21.7 Å². The lowest BCUT2D eigenvalue weighted by Gasteiger charge is -2.41. The normalized spacial score (nSPS) is 16.4. The van der Waals surface area contributed by atoms with Crippen LogP contribution in [0.3, 0.4) is 0 Å².